The third-order valence-corrected chi connectivity index (χ3v) is 4.28. The van der Waals surface area contributed by atoms with Crippen LogP contribution in [-0.4, -0.2) is 9.97 Å². The molecule has 2 N–H and O–H groups in total. The van der Waals surface area contributed by atoms with Gasteiger partial charge in [-0.3, -0.25) is 0 Å². The molecular weight excluding hydrogens is 360 g/mol. The Morgan fingerprint density at radius 2 is 1.59 bits per heavy atom. The number of aryl methyl sites for hydroxylation is 3. The van der Waals surface area contributed by atoms with Crippen molar-refractivity contribution in [2.75, 3.05) is 10.6 Å². The van der Waals surface area contributed by atoms with E-state index in [1.807, 2.05) is 57.2 Å². The normalized spacial score (nSPS) is 10.4. The molecule has 0 amide bonds. The van der Waals surface area contributed by atoms with Gasteiger partial charge in [-0.05, 0) is 79.9 Å². The molecule has 0 aliphatic heterocycles. The average molecular weight is 380 g/mol. The summed E-state index contributed by atoms with van der Waals surface area (Å²) in [5.74, 6) is 1.15. The molecule has 1 heterocycles. The van der Waals surface area contributed by atoms with Crippen molar-refractivity contribution in [3.63, 3.8) is 0 Å². The maximum atomic E-state index is 8.91. The second kappa shape index (κ2) is 8.69. The molecule has 0 unspecified atom stereocenters. The molecule has 0 radical (unpaired) electrons. The zero-order valence-corrected chi connectivity index (χ0v) is 16.5. The molecule has 142 valence electrons. The number of aromatic nitrogens is 2. The molecule has 3 aromatic rings. The van der Waals surface area contributed by atoms with Crippen molar-refractivity contribution in [1.29, 1.82) is 10.5 Å². The fraction of sp³-hybridized carbons (Fsp3) is 0.130. The number of nitrogens with one attached hydrogen (secondary N) is 2. The van der Waals surface area contributed by atoms with Gasteiger partial charge in [-0.15, -0.1) is 0 Å². The zero-order valence-electron chi connectivity index (χ0n) is 16.5. The molecule has 0 saturated carbocycles. The first-order valence-electron chi connectivity index (χ1n) is 9.06. The standard InChI is InChI=1S/C23H20N6/c1-15-11-19(5-4-10-24)12-16(2)22(15)28-21-13-17(3)26-23(29-21)27-20-8-6-18(14-25)7-9-20/h4-9,11-13H,1-3H3,(H2,26,27,28,29)/b5-4+. The summed E-state index contributed by atoms with van der Waals surface area (Å²) >= 11 is 0. The van der Waals surface area contributed by atoms with Crippen LogP contribution in [0.15, 0.2) is 48.5 Å². The monoisotopic (exact) mass is 380 g/mol. The van der Waals surface area contributed by atoms with Crippen LogP contribution in [0.3, 0.4) is 0 Å². The molecule has 0 spiro atoms. The van der Waals surface area contributed by atoms with E-state index >= 15 is 0 Å². The van der Waals surface area contributed by atoms with Crippen molar-refractivity contribution in [1.82, 2.24) is 9.97 Å². The van der Waals surface area contributed by atoms with E-state index in [2.05, 4.69) is 26.7 Å². The number of nitriles is 2. The lowest BCUT2D eigenvalue weighted by Gasteiger charge is -2.15. The van der Waals surface area contributed by atoms with E-state index in [4.69, 9.17) is 10.5 Å². The number of rotatable bonds is 5. The first-order valence-corrected chi connectivity index (χ1v) is 9.06. The minimum absolute atomic E-state index is 0.473. The quantitative estimate of drug-likeness (QED) is 0.583. The van der Waals surface area contributed by atoms with Gasteiger partial charge in [0.2, 0.25) is 5.95 Å². The molecule has 0 bridgehead atoms. The van der Waals surface area contributed by atoms with Gasteiger partial charge in [0.25, 0.3) is 0 Å². The van der Waals surface area contributed by atoms with Crippen LogP contribution in [-0.2, 0) is 0 Å². The molecule has 0 fully saturated rings. The van der Waals surface area contributed by atoms with Crippen LogP contribution in [0.5, 0.6) is 0 Å². The maximum Gasteiger partial charge on any atom is 0.229 e. The van der Waals surface area contributed by atoms with Crippen molar-refractivity contribution in [3.8, 4) is 12.1 Å². The summed E-state index contributed by atoms with van der Waals surface area (Å²) in [5.41, 5.74) is 6.29. The van der Waals surface area contributed by atoms with E-state index in [9.17, 15) is 0 Å². The molecule has 29 heavy (non-hydrogen) atoms. The summed E-state index contributed by atoms with van der Waals surface area (Å²) in [5, 5.41) is 24.2. The molecule has 0 aliphatic rings. The topological polar surface area (TPSA) is 97.4 Å². The second-order valence-electron chi connectivity index (χ2n) is 6.65. The first kappa shape index (κ1) is 19.6. The number of nitrogens with zero attached hydrogens (tertiary/aromatic N) is 4. The molecule has 0 atom stereocenters. The lowest BCUT2D eigenvalue weighted by molar-refractivity contribution is 1.10. The summed E-state index contributed by atoms with van der Waals surface area (Å²) in [4.78, 5) is 9.00. The number of hydrogen-bond acceptors (Lipinski definition) is 6. The summed E-state index contributed by atoms with van der Waals surface area (Å²) in [6, 6.07) is 17.2. The molecule has 0 saturated heterocycles. The fourth-order valence-electron chi connectivity index (χ4n) is 3.00. The Kier molecular flexibility index (Phi) is 5.87. The highest BCUT2D eigenvalue weighted by Crippen LogP contribution is 2.27. The van der Waals surface area contributed by atoms with Crippen molar-refractivity contribution >= 4 is 29.2 Å². The highest BCUT2D eigenvalue weighted by molar-refractivity contribution is 5.69. The van der Waals surface area contributed by atoms with Gasteiger partial charge in [0.1, 0.15) is 5.82 Å². The number of hydrogen-bond donors (Lipinski definition) is 2. The predicted molar refractivity (Wildman–Crippen MR) is 115 cm³/mol. The van der Waals surface area contributed by atoms with Crippen LogP contribution < -0.4 is 10.6 Å². The SMILES string of the molecule is Cc1cc(Nc2c(C)cc(/C=C/C#N)cc2C)nc(Nc2ccc(C#N)cc2)n1. The van der Waals surface area contributed by atoms with Crippen LogP contribution in [0, 0.1) is 43.4 Å². The lowest BCUT2D eigenvalue weighted by atomic mass is 10.0. The fourth-order valence-corrected chi connectivity index (χ4v) is 3.00. The Morgan fingerprint density at radius 3 is 2.21 bits per heavy atom. The van der Waals surface area contributed by atoms with E-state index in [0.29, 0.717) is 17.3 Å². The third kappa shape index (κ3) is 4.97. The summed E-state index contributed by atoms with van der Waals surface area (Å²) in [6.07, 6.45) is 3.26. The average Bonchev–Trinajstić information content (AvgIpc) is 2.69. The van der Waals surface area contributed by atoms with E-state index in [0.717, 1.165) is 33.8 Å². The smallest absolute Gasteiger partial charge is 0.229 e. The molecule has 1 aromatic heterocycles. The van der Waals surface area contributed by atoms with E-state index in [-0.39, 0.29) is 0 Å². The van der Waals surface area contributed by atoms with E-state index < -0.39 is 0 Å². The van der Waals surface area contributed by atoms with Gasteiger partial charge in [-0.1, -0.05) is 0 Å². The van der Waals surface area contributed by atoms with Crippen LogP contribution in [0.2, 0.25) is 0 Å². The number of allylic oxidation sites excluding steroid dienone is 1. The maximum absolute atomic E-state index is 8.91. The van der Waals surface area contributed by atoms with E-state index in [1.165, 1.54) is 6.08 Å². The van der Waals surface area contributed by atoms with Crippen molar-refractivity contribution < 1.29 is 0 Å². The molecular formula is C23H20N6. The zero-order chi connectivity index (χ0) is 20.8. The van der Waals surface area contributed by atoms with Crippen molar-refractivity contribution in [3.05, 3.63) is 76.5 Å². The Balaban J connectivity index is 1.86. The molecule has 6 nitrogen and oxygen atoms in total. The molecule has 0 aliphatic carbocycles. The third-order valence-electron chi connectivity index (χ3n) is 4.28. The van der Waals surface area contributed by atoms with Crippen LogP contribution in [0.4, 0.5) is 23.1 Å². The summed E-state index contributed by atoms with van der Waals surface area (Å²) < 4.78 is 0. The van der Waals surface area contributed by atoms with Gasteiger partial charge in [0.05, 0.1) is 17.7 Å². The Morgan fingerprint density at radius 1 is 0.897 bits per heavy atom. The second-order valence-corrected chi connectivity index (χ2v) is 6.65. The Labute approximate surface area is 170 Å². The summed E-state index contributed by atoms with van der Waals surface area (Å²) in [6.45, 7) is 5.94. The van der Waals surface area contributed by atoms with Gasteiger partial charge in [-0.25, -0.2) is 4.98 Å². The Hall–Kier alpha value is -4.16. The minimum Gasteiger partial charge on any atom is -0.340 e. The molecule has 3 rings (SSSR count). The largest absolute Gasteiger partial charge is 0.340 e. The molecule has 6 heteroatoms. The van der Waals surface area contributed by atoms with Crippen LogP contribution >= 0.6 is 0 Å². The van der Waals surface area contributed by atoms with Crippen molar-refractivity contribution in [2.45, 2.75) is 20.8 Å². The highest BCUT2D eigenvalue weighted by Gasteiger charge is 2.08. The van der Waals surface area contributed by atoms with Gasteiger partial charge in [-0.2, -0.15) is 15.5 Å². The number of anilines is 4. The minimum atomic E-state index is 0.473. The predicted octanol–water partition coefficient (Wildman–Crippen LogP) is 5.30. The van der Waals surface area contributed by atoms with Gasteiger partial charge in [0.15, 0.2) is 0 Å². The number of benzene rings is 2. The van der Waals surface area contributed by atoms with Gasteiger partial charge >= 0.3 is 0 Å². The van der Waals surface area contributed by atoms with Crippen molar-refractivity contribution in [2.24, 2.45) is 0 Å². The van der Waals surface area contributed by atoms with E-state index in [1.54, 1.807) is 18.2 Å². The lowest BCUT2D eigenvalue weighted by Crippen LogP contribution is -2.04. The first-order chi connectivity index (χ1) is 14.0. The highest BCUT2D eigenvalue weighted by atomic mass is 15.1. The Bertz CT molecular complexity index is 1120. The van der Waals surface area contributed by atoms with Crippen LogP contribution in [0.1, 0.15) is 27.9 Å². The molecule has 2 aromatic carbocycles. The van der Waals surface area contributed by atoms with Gasteiger partial charge in [0, 0.05) is 29.2 Å². The van der Waals surface area contributed by atoms with Gasteiger partial charge < -0.3 is 10.6 Å². The summed E-state index contributed by atoms with van der Waals surface area (Å²) in [7, 11) is 0. The van der Waals surface area contributed by atoms with Crippen LogP contribution in [0.25, 0.3) is 6.08 Å².